The van der Waals surface area contributed by atoms with Crippen LogP contribution in [0, 0.1) is 12.3 Å². The first-order valence-electron chi connectivity index (χ1n) is 6.15. The number of carbonyl (C=O) groups is 2. The summed E-state index contributed by atoms with van der Waals surface area (Å²) in [6, 6.07) is 5.38. The number of nitrogens with zero attached hydrogens (tertiary/aromatic N) is 1. The molecule has 112 valence electrons. The number of rotatable bonds is 3. The van der Waals surface area contributed by atoms with Crippen LogP contribution in [0.25, 0.3) is 6.08 Å². The quantitative estimate of drug-likeness (QED) is 0.648. The minimum atomic E-state index is -0.406. The molecule has 0 aromatic heterocycles. The topological polar surface area (TPSA) is 67.8 Å². The Labute approximate surface area is 140 Å². The standard InChI is InChI=1S/C15H11BrN2O3S/c1-3-6-21-12-5-4-11(16)7-10(12)8-13-14(20)18-15(22-13)17-9(2)19/h1,4-5,7-8H,6H2,2H3,(H,17,18,19,20)/b13-8+. The van der Waals surface area contributed by atoms with Crippen LogP contribution >= 0.6 is 27.7 Å². The van der Waals surface area contributed by atoms with Crippen LogP contribution in [-0.2, 0) is 9.59 Å². The highest BCUT2D eigenvalue weighted by atomic mass is 79.9. The first-order valence-corrected chi connectivity index (χ1v) is 7.76. The molecule has 0 atom stereocenters. The highest BCUT2D eigenvalue weighted by Gasteiger charge is 2.23. The minimum absolute atomic E-state index is 0.131. The SMILES string of the molecule is C#CCOc1ccc(Br)cc1/C=C1/SC(NC(C)=O)=NC1=O. The van der Waals surface area contributed by atoms with Crippen LogP contribution in [0.5, 0.6) is 5.75 Å². The summed E-state index contributed by atoms with van der Waals surface area (Å²) in [4.78, 5) is 27.0. The number of ether oxygens (including phenoxy) is 1. The molecular weight excluding hydrogens is 368 g/mol. The average Bonchev–Trinajstić information content (AvgIpc) is 2.77. The van der Waals surface area contributed by atoms with Gasteiger partial charge in [0.05, 0.1) is 4.91 Å². The van der Waals surface area contributed by atoms with Crippen molar-refractivity contribution in [2.45, 2.75) is 6.92 Å². The van der Waals surface area contributed by atoms with E-state index in [1.54, 1.807) is 12.1 Å². The van der Waals surface area contributed by atoms with Gasteiger partial charge >= 0.3 is 0 Å². The molecule has 22 heavy (non-hydrogen) atoms. The van der Waals surface area contributed by atoms with Gasteiger partial charge in [0.2, 0.25) is 5.91 Å². The maximum absolute atomic E-state index is 11.9. The van der Waals surface area contributed by atoms with E-state index in [9.17, 15) is 9.59 Å². The number of hydrogen-bond donors (Lipinski definition) is 1. The molecule has 1 aliphatic heterocycles. The molecule has 0 fully saturated rings. The van der Waals surface area contributed by atoms with Gasteiger partial charge in [0, 0.05) is 17.0 Å². The van der Waals surface area contributed by atoms with Gasteiger partial charge < -0.3 is 10.1 Å². The molecule has 1 aromatic rings. The second-order valence-electron chi connectivity index (χ2n) is 4.19. The summed E-state index contributed by atoms with van der Waals surface area (Å²) in [6.07, 6.45) is 6.84. The van der Waals surface area contributed by atoms with E-state index in [0.29, 0.717) is 16.2 Å². The number of nitrogens with one attached hydrogen (secondary N) is 1. The fraction of sp³-hybridized carbons (Fsp3) is 0.133. The molecular formula is C15H11BrN2O3S. The van der Waals surface area contributed by atoms with Crippen LogP contribution in [0.2, 0.25) is 0 Å². The lowest BCUT2D eigenvalue weighted by Crippen LogP contribution is -2.23. The summed E-state index contributed by atoms with van der Waals surface area (Å²) in [5.74, 6) is 2.27. The van der Waals surface area contributed by atoms with E-state index in [4.69, 9.17) is 11.2 Å². The normalized spacial score (nSPS) is 15.4. The van der Waals surface area contributed by atoms with Crippen LogP contribution in [-0.4, -0.2) is 23.6 Å². The fourth-order valence-corrected chi connectivity index (χ4v) is 2.87. The highest BCUT2D eigenvalue weighted by Crippen LogP contribution is 2.31. The predicted molar refractivity (Wildman–Crippen MR) is 90.3 cm³/mol. The van der Waals surface area contributed by atoms with Crippen molar-refractivity contribution in [2.75, 3.05) is 6.61 Å². The first kappa shape index (κ1) is 16.3. The third-order valence-corrected chi connectivity index (χ3v) is 3.87. The van der Waals surface area contributed by atoms with Crippen LogP contribution in [0.4, 0.5) is 0 Å². The molecule has 0 aliphatic carbocycles. The van der Waals surface area contributed by atoms with E-state index in [1.165, 1.54) is 6.92 Å². The smallest absolute Gasteiger partial charge is 0.286 e. The van der Waals surface area contributed by atoms with E-state index in [0.717, 1.165) is 16.2 Å². The third-order valence-electron chi connectivity index (χ3n) is 2.47. The lowest BCUT2D eigenvalue weighted by molar-refractivity contribution is -0.117. The zero-order valence-corrected chi connectivity index (χ0v) is 14.0. The molecule has 2 rings (SSSR count). The molecule has 0 unspecified atom stereocenters. The number of aliphatic imine (C=N–C) groups is 1. The lowest BCUT2D eigenvalue weighted by atomic mass is 10.2. The number of hydrogen-bond acceptors (Lipinski definition) is 4. The molecule has 0 radical (unpaired) electrons. The molecule has 0 saturated carbocycles. The number of halogens is 1. The molecule has 1 N–H and O–H groups in total. The van der Waals surface area contributed by atoms with Gasteiger partial charge in [0.15, 0.2) is 5.17 Å². The molecule has 1 heterocycles. The minimum Gasteiger partial charge on any atom is -0.480 e. The van der Waals surface area contributed by atoms with Crippen molar-refractivity contribution in [3.8, 4) is 18.1 Å². The Balaban J connectivity index is 2.26. The summed E-state index contributed by atoms with van der Waals surface area (Å²) in [5.41, 5.74) is 0.694. The number of amides is 2. The fourth-order valence-electron chi connectivity index (χ4n) is 1.64. The molecule has 1 aromatic carbocycles. The van der Waals surface area contributed by atoms with Crippen LogP contribution in [0.15, 0.2) is 32.6 Å². The van der Waals surface area contributed by atoms with Crippen LogP contribution < -0.4 is 10.1 Å². The zero-order valence-electron chi connectivity index (χ0n) is 11.6. The summed E-state index contributed by atoms with van der Waals surface area (Å²) in [6.45, 7) is 1.49. The van der Waals surface area contributed by atoms with Gasteiger partial charge in [0.1, 0.15) is 12.4 Å². The number of carbonyl (C=O) groups excluding carboxylic acids is 2. The maximum atomic E-state index is 11.9. The Morgan fingerprint density at radius 2 is 2.36 bits per heavy atom. The number of thioether (sulfide) groups is 1. The molecule has 0 saturated heterocycles. The van der Waals surface area contributed by atoms with Gasteiger partial charge in [-0.05, 0) is 36.0 Å². The van der Waals surface area contributed by atoms with E-state index in [2.05, 4.69) is 32.2 Å². The van der Waals surface area contributed by atoms with Crippen molar-refractivity contribution in [3.05, 3.63) is 33.1 Å². The second kappa shape index (κ2) is 7.29. The monoisotopic (exact) mass is 378 g/mol. The number of amidine groups is 1. The molecule has 5 nitrogen and oxygen atoms in total. The summed E-state index contributed by atoms with van der Waals surface area (Å²) < 4.78 is 6.29. The Hall–Kier alpha value is -2.04. The third kappa shape index (κ3) is 4.23. The Morgan fingerprint density at radius 3 is 3.05 bits per heavy atom. The van der Waals surface area contributed by atoms with Gasteiger partial charge in [-0.1, -0.05) is 21.9 Å². The van der Waals surface area contributed by atoms with Crippen molar-refractivity contribution in [1.82, 2.24) is 5.32 Å². The Kier molecular flexibility index (Phi) is 5.41. The number of benzene rings is 1. The van der Waals surface area contributed by atoms with Gasteiger partial charge in [-0.25, -0.2) is 0 Å². The van der Waals surface area contributed by atoms with E-state index >= 15 is 0 Å². The van der Waals surface area contributed by atoms with Gasteiger partial charge in [0.25, 0.3) is 5.91 Å². The first-order chi connectivity index (χ1) is 10.5. The second-order valence-corrected chi connectivity index (χ2v) is 6.14. The van der Waals surface area contributed by atoms with E-state index in [1.807, 2.05) is 12.1 Å². The summed E-state index contributed by atoms with van der Waals surface area (Å²) in [5, 5.41) is 2.76. The van der Waals surface area contributed by atoms with Crippen molar-refractivity contribution < 1.29 is 14.3 Å². The van der Waals surface area contributed by atoms with Gasteiger partial charge in [-0.3, -0.25) is 9.59 Å². The molecule has 1 aliphatic rings. The van der Waals surface area contributed by atoms with Crippen molar-refractivity contribution in [1.29, 1.82) is 0 Å². The maximum Gasteiger partial charge on any atom is 0.286 e. The Bertz CT molecular complexity index is 735. The van der Waals surface area contributed by atoms with Crippen LogP contribution in [0.3, 0.4) is 0 Å². The van der Waals surface area contributed by atoms with E-state index < -0.39 is 5.91 Å². The Morgan fingerprint density at radius 1 is 1.59 bits per heavy atom. The summed E-state index contributed by atoms with van der Waals surface area (Å²) in [7, 11) is 0. The molecule has 0 spiro atoms. The molecule has 2 amide bonds. The van der Waals surface area contributed by atoms with Crippen LogP contribution in [0.1, 0.15) is 12.5 Å². The molecule has 7 heteroatoms. The largest absolute Gasteiger partial charge is 0.480 e. The van der Waals surface area contributed by atoms with Gasteiger partial charge in [-0.15, -0.1) is 6.42 Å². The highest BCUT2D eigenvalue weighted by molar-refractivity contribution is 9.10. The van der Waals surface area contributed by atoms with Crippen molar-refractivity contribution in [3.63, 3.8) is 0 Å². The zero-order chi connectivity index (χ0) is 16.1. The lowest BCUT2D eigenvalue weighted by Gasteiger charge is -2.07. The number of terminal acetylenes is 1. The van der Waals surface area contributed by atoms with E-state index in [-0.39, 0.29) is 17.7 Å². The van der Waals surface area contributed by atoms with Gasteiger partial charge in [-0.2, -0.15) is 4.99 Å². The van der Waals surface area contributed by atoms with Crippen molar-refractivity contribution >= 4 is 50.7 Å². The predicted octanol–water partition coefficient (Wildman–Crippen LogP) is 2.57. The average molecular weight is 379 g/mol. The van der Waals surface area contributed by atoms with Crippen molar-refractivity contribution in [2.24, 2.45) is 4.99 Å². The summed E-state index contributed by atoms with van der Waals surface area (Å²) >= 11 is 4.47. The molecule has 0 bridgehead atoms.